The molecule has 0 atom stereocenters. The Bertz CT molecular complexity index is 1150. The Morgan fingerprint density at radius 3 is 2.00 bits per heavy atom. The molecule has 0 saturated heterocycles. The molecule has 0 aliphatic heterocycles. The van der Waals surface area contributed by atoms with E-state index in [2.05, 4.69) is 0 Å². The van der Waals surface area contributed by atoms with Crippen molar-refractivity contribution in [1.82, 2.24) is 0 Å². The van der Waals surface area contributed by atoms with Gasteiger partial charge in [-0.2, -0.15) is 8.42 Å². The fourth-order valence-electron chi connectivity index (χ4n) is 2.91. The summed E-state index contributed by atoms with van der Waals surface area (Å²) in [5.41, 5.74) is 0.335. The fourth-order valence-corrected chi connectivity index (χ4v) is 4.01. The Kier molecular flexibility index (Phi) is 3.66. The molecule has 1 heterocycles. The lowest BCUT2D eigenvalue weighted by molar-refractivity contribution is -0.856. The van der Waals surface area contributed by atoms with Gasteiger partial charge in [0.1, 0.15) is 4.90 Å². The van der Waals surface area contributed by atoms with Crippen LogP contribution in [0.5, 0.6) is 0 Å². The van der Waals surface area contributed by atoms with E-state index in [0.717, 1.165) is 4.73 Å². The van der Waals surface area contributed by atoms with Crippen molar-refractivity contribution in [2.45, 2.75) is 4.90 Å². The van der Waals surface area contributed by atoms with Gasteiger partial charge in [0, 0.05) is 33.6 Å². The first-order valence-electron chi connectivity index (χ1n) is 7.72. The van der Waals surface area contributed by atoms with Crippen molar-refractivity contribution >= 4 is 21.7 Å². The Hall–Kier alpha value is -3.32. The van der Waals surface area contributed by atoms with Gasteiger partial charge in [0.15, 0.2) is 11.6 Å². The molecule has 6 nitrogen and oxygen atoms in total. The van der Waals surface area contributed by atoms with E-state index in [1.807, 2.05) is 0 Å². The average molecular weight is 366 g/mol. The predicted octanol–water partition coefficient (Wildman–Crippen LogP) is 1.57. The first-order valence-corrected chi connectivity index (χ1v) is 9.12. The van der Waals surface area contributed by atoms with Crippen LogP contribution in [0.4, 0.5) is 0 Å². The summed E-state index contributed by atoms with van der Waals surface area (Å²) in [6.07, 6.45) is 2.82. The van der Waals surface area contributed by atoms with Crippen molar-refractivity contribution in [2.75, 3.05) is 0 Å². The van der Waals surface area contributed by atoms with Gasteiger partial charge >= 0.3 is 10.1 Å². The smallest absolute Gasteiger partial charge is 0.289 e. The molecular weight excluding hydrogens is 354 g/mol. The summed E-state index contributed by atoms with van der Waals surface area (Å²) >= 11 is 0. The van der Waals surface area contributed by atoms with Crippen LogP contribution in [-0.4, -0.2) is 20.0 Å². The van der Waals surface area contributed by atoms with Crippen LogP contribution in [0.1, 0.15) is 31.8 Å². The highest BCUT2D eigenvalue weighted by Gasteiger charge is 2.36. The molecule has 0 radical (unpaired) electrons. The second-order valence-corrected chi connectivity index (χ2v) is 7.14. The second-order valence-electron chi connectivity index (χ2n) is 5.65. The molecule has 4 rings (SSSR count). The normalized spacial score (nSPS) is 13.1. The summed E-state index contributed by atoms with van der Waals surface area (Å²) in [5, 5.41) is 0. The van der Waals surface area contributed by atoms with Gasteiger partial charge in [-0.15, -0.1) is 4.28 Å². The molecular formula is C19H12NO5S+. The number of carbonyl (C=O) groups excluding carboxylic acids is 2. The molecule has 0 amide bonds. The lowest BCUT2D eigenvalue weighted by Crippen LogP contribution is -2.45. The van der Waals surface area contributed by atoms with Crippen LogP contribution in [0.25, 0.3) is 0 Å². The van der Waals surface area contributed by atoms with Crippen LogP contribution in [0.3, 0.4) is 0 Å². The third-order valence-corrected chi connectivity index (χ3v) is 5.30. The minimum Gasteiger partial charge on any atom is -0.289 e. The minimum absolute atomic E-state index is 0.0523. The van der Waals surface area contributed by atoms with Gasteiger partial charge in [0.05, 0.1) is 5.56 Å². The number of benzene rings is 2. The maximum absolute atomic E-state index is 12.9. The lowest BCUT2D eigenvalue weighted by Gasteiger charge is -2.18. The van der Waals surface area contributed by atoms with Crippen molar-refractivity contribution in [3.63, 3.8) is 0 Å². The quantitative estimate of drug-likeness (QED) is 0.514. The molecule has 2 aromatic carbocycles. The van der Waals surface area contributed by atoms with E-state index in [-0.39, 0.29) is 32.9 Å². The van der Waals surface area contributed by atoms with Gasteiger partial charge in [-0.25, -0.2) is 0 Å². The molecule has 1 aliphatic carbocycles. The van der Waals surface area contributed by atoms with Crippen molar-refractivity contribution in [1.29, 1.82) is 0 Å². The van der Waals surface area contributed by atoms with Crippen molar-refractivity contribution in [3.05, 3.63) is 95.3 Å². The number of rotatable bonds is 3. The van der Waals surface area contributed by atoms with E-state index in [9.17, 15) is 18.0 Å². The van der Waals surface area contributed by atoms with Crippen LogP contribution in [-0.2, 0) is 10.1 Å². The Balaban J connectivity index is 1.88. The van der Waals surface area contributed by atoms with E-state index in [1.54, 1.807) is 36.4 Å². The van der Waals surface area contributed by atoms with Gasteiger partial charge in [-0.05, 0) is 6.07 Å². The molecule has 7 heteroatoms. The summed E-state index contributed by atoms with van der Waals surface area (Å²) < 4.78 is 31.5. The SMILES string of the molecule is O=C1c2ccccc2C(=O)c2c1cccc2S(=O)(=O)O[n+]1ccccc1. The molecule has 3 aromatic rings. The molecule has 0 saturated carbocycles. The van der Waals surface area contributed by atoms with Gasteiger partial charge < -0.3 is 0 Å². The van der Waals surface area contributed by atoms with Crippen molar-refractivity contribution < 1.29 is 27.0 Å². The van der Waals surface area contributed by atoms with Gasteiger partial charge in [0.2, 0.25) is 12.4 Å². The first-order chi connectivity index (χ1) is 12.5. The fraction of sp³-hybridized carbons (Fsp3) is 0. The molecule has 0 fully saturated rings. The maximum atomic E-state index is 12.9. The van der Waals surface area contributed by atoms with E-state index >= 15 is 0 Å². The highest BCUT2D eigenvalue weighted by molar-refractivity contribution is 7.87. The van der Waals surface area contributed by atoms with E-state index in [4.69, 9.17) is 4.28 Å². The number of ketones is 2. The average Bonchev–Trinajstić information content (AvgIpc) is 2.66. The van der Waals surface area contributed by atoms with Gasteiger partial charge in [-0.3, -0.25) is 9.59 Å². The number of fused-ring (bicyclic) bond motifs is 2. The molecule has 0 N–H and O–H groups in total. The Morgan fingerprint density at radius 1 is 0.692 bits per heavy atom. The number of carbonyl (C=O) groups is 2. The molecule has 0 unspecified atom stereocenters. The van der Waals surface area contributed by atoms with Gasteiger partial charge in [0.25, 0.3) is 0 Å². The van der Waals surface area contributed by atoms with Gasteiger partial charge in [-0.1, -0.05) is 42.5 Å². The predicted molar refractivity (Wildman–Crippen MR) is 90.2 cm³/mol. The molecule has 1 aliphatic rings. The summed E-state index contributed by atoms with van der Waals surface area (Å²) in [5.74, 6) is -0.907. The van der Waals surface area contributed by atoms with E-state index < -0.39 is 15.9 Å². The molecule has 128 valence electrons. The van der Waals surface area contributed by atoms with Crippen molar-refractivity contribution in [3.8, 4) is 0 Å². The topological polar surface area (TPSA) is 81.4 Å². The zero-order valence-electron chi connectivity index (χ0n) is 13.3. The zero-order chi connectivity index (χ0) is 18.3. The standard InChI is InChI=1S/C19H12NO5S/c21-18-13-7-2-3-8-14(13)19(22)17-15(18)9-6-10-16(17)26(23,24)25-20-11-4-1-5-12-20/h1-12H/q+1. The number of nitrogens with zero attached hydrogens (tertiary/aromatic N) is 1. The number of hydrogen-bond acceptors (Lipinski definition) is 5. The number of hydrogen-bond donors (Lipinski definition) is 0. The molecule has 26 heavy (non-hydrogen) atoms. The number of aromatic nitrogens is 1. The third kappa shape index (κ3) is 2.49. The maximum Gasteiger partial charge on any atom is 0.396 e. The Morgan fingerprint density at radius 2 is 1.31 bits per heavy atom. The molecule has 0 spiro atoms. The van der Waals surface area contributed by atoms with Crippen LogP contribution in [0.15, 0.2) is 78.0 Å². The summed E-state index contributed by atoms with van der Waals surface area (Å²) in [7, 11) is -4.32. The second kappa shape index (κ2) is 5.89. The highest BCUT2D eigenvalue weighted by atomic mass is 32.2. The Labute approximate surface area is 149 Å². The van der Waals surface area contributed by atoms with Crippen LogP contribution >= 0.6 is 0 Å². The third-order valence-electron chi connectivity index (χ3n) is 4.06. The summed E-state index contributed by atoms with van der Waals surface area (Å²) in [6, 6.07) is 15.4. The monoisotopic (exact) mass is 366 g/mol. The van der Waals surface area contributed by atoms with Crippen LogP contribution in [0, 0.1) is 0 Å². The van der Waals surface area contributed by atoms with Crippen LogP contribution in [0.2, 0.25) is 0 Å². The lowest BCUT2D eigenvalue weighted by atomic mass is 9.84. The van der Waals surface area contributed by atoms with Crippen LogP contribution < -0.4 is 9.01 Å². The summed E-state index contributed by atoms with van der Waals surface area (Å²) in [4.78, 5) is 25.3. The molecule has 1 aromatic heterocycles. The number of pyridine rings is 1. The highest BCUT2D eigenvalue weighted by Crippen LogP contribution is 2.31. The largest absolute Gasteiger partial charge is 0.396 e. The first kappa shape index (κ1) is 16.2. The zero-order valence-corrected chi connectivity index (χ0v) is 14.1. The summed E-state index contributed by atoms with van der Waals surface area (Å²) in [6.45, 7) is 0. The van der Waals surface area contributed by atoms with E-state index in [1.165, 1.54) is 36.7 Å². The van der Waals surface area contributed by atoms with Crippen molar-refractivity contribution in [2.24, 2.45) is 0 Å². The minimum atomic E-state index is -4.32. The molecule has 0 bridgehead atoms. The van der Waals surface area contributed by atoms with E-state index in [0.29, 0.717) is 0 Å².